The van der Waals surface area contributed by atoms with Crippen LogP contribution in [0.3, 0.4) is 0 Å². The molecule has 8 heteroatoms. The number of amides is 2. The van der Waals surface area contributed by atoms with Crippen LogP contribution in [0.15, 0.2) is 53.1 Å². The molecule has 0 atom stereocenters. The first-order valence-corrected chi connectivity index (χ1v) is 7.41. The Hall–Kier alpha value is -3.55. The number of nitrogens with zero attached hydrogens (tertiary/aromatic N) is 2. The zero-order chi connectivity index (χ0) is 17.8. The summed E-state index contributed by atoms with van der Waals surface area (Å²) in [7, 11) is 3.20. The van der Waals surface area contributed by atoms with Crippen LogP contribution in [0.1, 0.15) is 21.0 Å². The number of anilines is 2. The van der Waals surface area contributed by atoms with Gasteiger partial charge in [0, 0.05) is 18.8 Å². The van der Waals surface area contributed by atoms with Gasteiger partial charge < -0.3 is 19.8 Å². The molecule has 0 bridgehead atoms. The van der Waals surface area contributed by atoms with Crippen LogP contribution in [-0.4, -0.2) is 28.7 Å². The van der Waals surface area contributed by atoms with Gasteiger partial charge in [-0.3, -0.25) is 14.3 Å². The second kappa shape index (κ2) is 6.91. The Morgan fingerprint density at radius 3 is 2.52 bits per heavy atom. The molecule has 0 aliphatic rings. The molecule has 0 aliphatic carbocycles. The van der Waals surface area contributed by atoms with Gasteiger partial charge in [-0.05, 0) is 36.4 Å². The molecule has 0 unspecified atom stereocenters. The lowest BCUT2D eigenvalue weighted by Gasteiger charge is -2.04. The van der Waals surface area contributed by atoms with E-state index in [4.69, 9.17) is 9.15 Å². The van der Waals surface area contributed by atoms with Crippen LogP contribution >= 0.6 is 0 Å². The number of rotatable bonds is 5. The van der Waals surface area contributed by atoms with Crippen molar-refractivity contribution in [1.82, 2.24) is 9.78 Å². The van der Waals surface area contributed by atoms with Crippen LogP contribution in [0.2, 0.25) is 0 Å². The van der Waals surface area contributed by atoms with Crippen LogP contribution in [0.5, 0.6) is 5.75 Å². The fourth-order valence-electron chi connectivity index (χ4n) is 2.15. The molecule has 0 aliphatic heterocycles. The van der Waals surface area contributed by atoms with E-state index >= 15 is 0 Å². The van der Waals surface area contributed by atoms with Crippen LogP contribution in [0.25, 0.3) is 0 Å². The molecule has 1 aromatic carbocycles. The minimum absolute atomic E-state index is 0.172. The van der Waals surface area contributed by atoms with Gasteiger partial charge in [-0.15, -0.1) is 0 Å². The van der Waals surface area contributed by atoms with Gasteiger partial charge in [-0.1, -0.05) is 0 Å². The molecule has 0 saturated heterocycles. The molecule has 0 radical (unpaired) electrons. The summed E-state index contributed by atoms with van der Waals surface area (Å²) < 4.78 is 11.5. The first kappa shape index (κ1) is 16.3. The molecular weight excluding hydrogens is 324 g/mol. The molecule has 0 saturated carbocycles. The topological polar surface area (TPSA) is 98.4 Å². The van der Waals surface area contributed by atoms with Crippen molar-refractivity contribution in [3.63, 3.8) is 0 Å². The van der Waals surface area contributed by atoms with E-state index in [1.54, 1.807) is 50.6 Å². The molecule has 2 aromatic heterocycles. The standard InChI is InChI=1S/C17H16N4O4/c1-21-15(19-17(23)14-4-3-9-25-14)10-13(20-21)16(22)18-11-5-7-12(24-2)8-6-11/h3-10H,1-2H3,(H,18,22)(H,19,23). The molecule has 3 aromatic rings. The lowest BCUT2D eigenvalue weighted by molar-refractivity contribution is 0.0993. The van der Waals surface area contributed by atoms with Crippen LogP contribution < -0.4 is 15.4 Å². The lowest BCUT2D eigenvalue weighted by Crippen LogP contribution is -2.13. The van der Waals surface area contributed by atoms with Crippen molar-refractivity contribution in [3.8, 4) is 5.75 Å². The maximum Gasteiger partial charge on any atom is 0.292 e. The molecule has 0 spiro atoms. The Morgan fingerprint density at radius 1 is 1.12 bits per heavy atom. The Bertz CT molecular complexity index is 882. The summed E-state index contributed by atoms with van der Waals surface area (Å²) in [6.07, 6.45) is 1.41. The van der Waals surface area contributed by atoms with Crippen LogP contribution in [0.4, 0.5) is 11.5 Å². The highest BCUT2D eigenvalue weighted by molar-refractivity contribution is 6.05. The molecule has 2 N–H and O–H groups in total. The third-order valence-electron chi connectivity index (χ3n) is 3.45. The van der Waals surface area contributed by atoms with E-state index in [0.717, 1.165) is 0 Å². The number of carbonyl (C=O) groups excluding carboxylic acids is 2. The number of carbonyl (C=O) groups is 2. The van der Waals surface area contributed by atoms with Crippen molar-refractivity contribution in [1.29, 1.82) is 0 Å². The number of aryl methyl sites for hydroxylation is 1. The van der Waals surface area contributed by atoms with Gasteiger partial charge in [-0.25, -0.2) is 0 Å². The van der Waals surface area contributed by atoms with Crippen molar-refractivity contribution in [2.24, 2.45) is 7.05 Å². The highest BCUT2D eigenvalue weighted by Gasteiger charge is 2.16. The normalized spacial score (nSPS) is 10.3. The van der Waals surface area contributed by atoms with Gasteiger partial charge in [0.05, 0.1) is 13.4 Å². The van der Waals surface area contributed by atoms with E-state index in [1.165, 1.54) is 17.0 Å². The maximum absolute atomic E-state index is 12.3. The van der Waals surface area contributed by atoms with Crippen molar-refractivity contribution in [2.45, 2.75) is 0 Å². The fraction of sp³-hybridized carbons (Fsp3) is 0.118. The monoisotopic (exact) mass is 340 g/mol. The first-order valence-electron chi connectivity index (χ1n) is 7.41. The Kier molecular flexibility index (Phi) is 4.51. The highest BCUT2D eigenvalue weighted by Crippen LogP contribution is 2.17. The Morgan fingerprint density at radius 2 is 1.88 bits per heavy atom. The van der Waals surface area contributed by atoms with E-state index in [9.17, 15) is 9.59 Å². The number of hydrogen-bond acceptors (Lipinski definition) is 5. The molecule has 25 heavy (non-hydrogen) atoms. The number of aromatic nitrogens is 2. The molecule has 3 rings (SSSR count). The Labute approximate surface area is 143 Å². The number of ether oxygens (including phenoxy) is 1. The number of nitrogens with one attached hydrogen (secondary N) is 2. The summed E-state index contributed by atoms with van der Waals surface area (Å²) in [5, 5.41) is 9.48. The van der Waals surface area contributed by atoms with E-state index in [0.29, 0.717) is 17.3 Å². The zero-order valence-electron chi connectivity index (χ0n) is 13.6. The van der Waals surface area contributed by atoms with E-state index in [2.05, 4.69) is 15.7 Å². The molecule has 8 nitrogen and oxygen atoms in total. The predicted octanol–water partition coefficient (Wildman–Crippen LogP) is 2.53. The van der Waals surface area contributed by atoms with Crippen molar-refractivity contribution in [3.05, 3.63) is 60.2 Å². The fourth-order valence-corrected chi connectivity index (χ4v) is 2.15. The molecule has 128 valence electrons. The number of hydrogen-bond donors (Lipinski definition) is 2. The summed E-state index contributed by atoms with van der Waals surface area (Å²) in [6, 6.07) is 11.6. The summed E-state index contributed by atoms with van der Waals surface area (Å²) in [6.45, 7) is 0. The number of methoxy groups -OCH3 is 1. The second-order valence-electron chi connectivity index (χ2n) is 5.15. The zero-order valence-corrected chi connectivity index (χ0v) is 13.6. The quantitative estimate of drug-likeness (QED) is 0.744. The van der Waals surface area contributed by atoms with Crippen molar-refractivity contribution in [2.75, 3.05) is 17.7 Å². The van der Waals surface area contributed by atoms with Gasteiger partial charge in [0.1, 0.15) is 11.6 Å². The average molecular weight is 340 g/mol. The van der Waals surface area contributed by atoms with E-state index < -0.39 is 5.91 Å². The highest BCUT2D eigenvalue weighted by atomic mass is 16.5. The molecule has 2 heterocycles. The number of furan rings is 1. The SMILES string of the molecule is COc1ccc(NC(=O)c2cc(NC(=O)c3ccco3)n(C)n2)cc1. The smallest absolute Gasteiger partial charge is 0.292 e. The summed E-state index contributed by atoms with van der Waals surface area (Å²) >= 11 is 0. The van der Waals surface area contributed by atoms with E-state index in [-0.39, 0.29) is 17.4 Å². The van der Waals surface area contributed by atoms with Crippen molar-refractivity contribution < 1.29 is 18.7 Å². The molecule has 2 amide bonds. The van der Waals surface area contributed by atoms with Gasteiger partial charge in [0.25, 0.3) is 11.8 Å². The van der Waals surface area contributed by atoms with Crippen LogP contribution in [-0.2, 0) is 7.05 Å². The lowest BCUT2D eigenvalue weighted by atomic mass is 10.3. The summed E-state index contributed by atoms with van der Waals surface area (Å²) in [4.78, 5) is 24.3. The van der Waals surface area contributed by atoms with E-state index in [1.807, 2.05) is 0 Å². The molecule has 0 fully saturated rings. The second-order valence-corrected chi connectivity index (χ2v) is 5.15. The van der Waals surface area contributed by atoms with Gasteiger partial charge in [-0.2, -0.15) is 5.10 Å². The third-order valence-corrected chi connectivity index (χ3v) is 3.45. The average Bonchev–Trinajstić information content (AvgIpc) is 3.26. The van der Waals surface area contributed by atoms with Gasteiger partial charge in [0.2, 0.25) is 0 Å². The first-order chi connectivity index (χ1) is 12.1. The van der Waals surface area contributed by atoms with Crippen molar-refractivity contribution >= 4 is 23.3 Å². The predicted molar refractivity (Wildman–Crippen MR) is 90.8 cm³/mol. The minimum Gasteiger partial charge on any atom is -0.497 e. The Balaban J connectivity index is 1.70. The van der Waals surface area contributed by atoms with Gasteiger partial charge >= 0.3 is 0 Å². The largest absolute Gasteiger partial charge is 0.497 e. The van der Waals surface area contributed by atoms with Gasteiger partial charge in [0.15, 0.2) is 11.5 Å². The minimum atomic E-state index is -0.421. The molecular formula is C17H16N4O4. The summed E-state index contributed by atoms with van der Waals surface area (Å²) in [5.41, 5.74) is 0.783. The van der Waals surface area contributed by atoms with Crippen LogP contribution in [0, 0.1) is 0 Å². The third kappa shape index (κ3) is 3.69. The number of benzene rings is 1. The maximum atomic E-state index is 12.3. The summed E-state index contributed by atoms with van der Waals surface area (Å²) in [5.74, 6) is 0.430.